The van der Waals surface area contributed by atoms with E-state index in [0.717, 1.165) is 6.42 Å². The van der Waals surface area contributed by atoms with Crippen LogP contribution < -0.4 is 4.72 Å². The molecule has 0 aromatic carbocycles. The molecule has 0 amide bonds. The summed E-state index contributed by atoms with van der Waals surface area (Å²) in [4.78, 5) is 11.1. The molecule has 0 aliphatic carbocycles. The van der Waals surface area contributed by atoms with Crippen molar-refractivity contribution in [3.63, 3.8) is 0 Å². The van der Waals surface area contributed by atoms with Gasteiger partial charge < -0.3 is 4.74 Å². The van der Waals surface area contributed by atoms with E-state index in [2.05, 4.69) is 4.72 Å². The lowest BCUT2D eigenvalue weighted by Gasteiger charge is -2.04. The van der Waals surface area contributed by atoms with Gasteiger partial charge in [-0.1, -0.05) is 13.3 Å². The summed E-state index contributed by atoms with van der Waals surface area (Å²) in [6.07, 6.45) is 2.58. The van der Waals surface area contributed by atoms with E-state index < -0.39 is 16.0 Å². The Hall–Kier alpha value is -1.04. The van der Waals surface area contributed by atoms with E-state index in [1.54, 1.807) is 6.92 Å². The molecular formula is C10H19NO4S. The van der Waals surface area contributed by atoms with Crippen LogP contribution in [-0.4, -0.2) is 26.7 Å². The van der Waals surface area contributed by atoms with Crippen LogP contribution in [0, 0.1) is 0 Å². The molecule has 0 fully saturated rings. The maximum Gasteiger partial charge on any atom is 0.335 e. The standard InChI is InChI=1S/C10H19NO4S/c1-4-6-7-16(13,14)11-8-9(3)10(12)15-5-2/h8,11H,4-7H2,1-3H3. The summed E-state index contributed by atoms with van der Waals surface area (Å²) in [6.45, 7) is 5.37. The molecule has 16 heavy (non-hydrogen) atoms. The first kappa shape index (κ1) is 15.0. The third-order valence-corrected chi connectivity index (χ3v) is 3.12. The largest absolute Gasteiger partial charge is 0.463 e. The third-order valence-electron chi connectivity index (χ3n) is 1.82. The molecule has 0 heterocycles. The molecule has 0 aromatic rings. The molecule has 0 bridgehead atoms. The molecule has 0 rings (SSSR count). The van der Waals surface area contributed by atoms with Crippen LogP contribution in [0.25, 0.3) is 0 Å². The number of carbonyl (C=O) groups is 1. The van der Waals surface area contributed by atoms with Crippen LogP contribution in [0.15, 0.2) is 11.8 Å². The summed E-state index contributed by atoms with van der Waals surface area (Å²) in [5.41, 5.74) is 0.238. The Kier molecular flexibility index (Phi) is 6.80. The number of nitrogens with one attached hydrogen (secondary N) is 1. The molecule has 1 N–H and O–H groups in total. The Morgan fingerprint density at radius 3 is 2.50 bits per heavy atom. The molecule has 0 atom stereocenters. The fourth-order valence-corrected chi connectivity index (χ4v) is 2.02. The number of unbranched alkanes of at least 4 members (excludes halogenated alkanes) is 1. The molecule has 0 aliphatic heterocycles. The average molecular weight is 249 g/mol. The second kappa shape index (κ2) is 7.27. The van der Waals surface area contributed by atoms with Crippen LogP contribution in [0.1, 0.15) is 33.6 Å². The van der Waals surface area contributed by atoms with Crippen LogP contribution in [0.5, 0.6) is 0 Å². The van der Waals surface area contributed by atoms with Crippen molar-refractivity contribution in [2.75, 3.05) is 12.4 Å². The smallest absolute Gasteiger partial charge is 0.335 e. The van der Waals surface area contributed by atoms with E-state index in [1.165, 1.54) is 13.1 Å². The third kappa shape index (κ3) is 6.44. The van der Waals surface area contributed by atoms with Gasteiger partial charge in [-0.05, 0) is 20.3 Å². The van der Waals surface area contributed by atoms with Crippen molar-refractivity contribution in [1.29, 1.82) is 0 Å². The first-order valence-electron chi connectivity index (χ1n) is 5.26. The molecule has 0 aliphatic rings. The van der Waals surface area contributed by atoms with Gasteiger partial charge in [0.2, 0.25) is 10.0 Å². The van der Waals surface area contributed by atoms with E-state index in [9.17, 15) is 13.2 Å². The Labute approximate surface area is 96.9 Å². The summed E-state index contributed by atoms with van der Waals surface area (Å²) >= 11 is 0. The number of rotatable bonds is 7. The molecule has 0 saturated heterocycles. The minimum absolute atomic E-state index is 0.0656. The molecule has 0 unspecified atom stereocenters. The minimum atomic E-state index is -3.32. The fourth-order valence-electron chi connectivity index (χ4n) is 0.875. The molecular weight excluding hydrogens is 230 g/mol. The van der Waals surface area contributed by atoms with Crippen molar-refractivity contribution >= 4 is 16.0 Å². The zero-order valence-electron chi connectivity index (χ0n) is 9.95. The quantitative estimate of drug-likeness (QED) is 0.543. The van der Waals surface area contributed by atoms with Gasteiger partial charge in [0.15, 0.2) is 0 Å². The summed E-state index contributed by atoms with van der Waals surface area (Å²) in [7, 11) is -3.32. The van der Waals surface area contributed by atoms with Crippen LogP contribution >= 0.6 is 0 Å². The predicted molar refractivity (Wildman–Crippen MR) is 62.2 cm³/mol. The zero-order valence-corrected chi connectivity index (χ0v) is 10.8. The van der Waals surface area contributed by atoms with Crippen molar-refractivity contribution in [2.45, 2.75) is 33.6 Å². The highest BCUT2D eigenvalue weighted by Gasteiger charge is 2.09. The second-order valence-electron chi connectivity index (χ2n) is 3.34. The monoisotopic (exact) mass is 249 g/mol. The molecule has 94 valence electrons. The normalized spacial score (nSPS) is 12.3. The van der Waals surface area contributed by atoms with Gasteiger partial charge >= 0.3 is 5.97 Å². The van der Waals surface area contributed by atoms with Crippen molar-refractivity contribution in [2.24, 2.45) is 0 Å². The van der Waals surface area contributed by atoms with E-state index in [4.69, 9.17) is 4.74 Å². The van der Waals surface area contributed by atoms with Crippen LogP contribution in [0.2, 0.25) is 0 Å². The summed E-state index contributed by atoms with van der Waals surface area (Å²) < 4.78 is 29.7. The van der Waals surface area contributed by atoms with Crippen molar-refractivity contribution in [3.8, 4) is 0 Å². The first-order chi connectivity index (χ1) is 7.43. The molecule has 0 radical (unpaired) electrons. The maximum absolute atomic E-state index is 11.4. The number of esters is 1. The van der Waals surface area contributed by atoms with Crippen LogP contribution in [0.4, 0.5) is 0 Å². The van der Waals surface area contributed by atoms with Crippen molar-refractivity contribution < 1.29 is 17.9 Å². The number of carbonyl (C=O) groups excluding carboxylic acids is 1. The summed E-state index contributed by atoms with van der Waals surface area (Å²) in [5, 5.41) is 0. The summed E-state index contributed by atoms with van der Waals surface area (Å²) in [6, 6.07) is 0. The topological polar surface area (TPSA) is 72.5 Å². The highest BCUT2D eigenvalue weighted by atomic mass is 32.2. The highest BCUT2D eigenvalue weighted by molar-refractivity contribution is 7.89. The van der Waals surface area contributed by atoms with Crippen molar-refractivity contribution in [1.82, 2.24) is 4.72 Å². The van der Waals surface area contributed by atoms with Crippen molar-refractivity contribution in [3.05, 3.63) is 11.8 Å². The maximum atomic E-state index is 11.4. The number of hydrogen-bond acceptors (Lipinski definition) is 4. The molecule has 0 spiro atoms. The van der Waals surface area contributed by atoms with Gasteiger partial charge in [-0.15, -0.1) is 0 Å². The molecule has 5 nitrogen and oxygen atoms in total. The lowest BCUT2D eigenvalue weighted by atomic mass is 10.3. The Morgan fingerprint density at radius 2 is 2.00 bits per heavy atom. The predicted octanol–water partition coefficient (Wildman–Crippen LogP) is 1.17. The SMILES string of the molecule is CCCCS(=O)(=O)NC=C(C)C(=O)OCC. The van der Waals surface area contributed by atoms with Gasteiger partial charge in [0, 0.05) is 6.20 Å². The van der Waals surface area contributed by atoms with Crippen LogP contribution in [-0.2, 0) is 19.6 Å². The van der Waals surface area contributed by atoms with E-state index >= 15 is 0 Å². The van der Waals surface area contributed by atoms with Gasteiger partial charge in [0.25, 0.3) is 0 Å². The van der Waals surface area contributed by atoms with Crippen LogP contribution in [0.3, 0.4) is 0 Å². The molecule has 0 aromatic heterocycles. The second-order valence-corrected chi connectivity index (χ2v) is 5.21. The minimum Gasteiger partial charge on any atom is -0.463 e. The number of ether oxygens (including phenoxy) is 1. The number of hydrogen-bond donors (Lipinski definition) is 1. The zero-order chi connectivity index (χ0) is 12.6. The highest BCUT2D eigenvalue weighted by Crippen LogP contribution is 1.98. The molecule has 0 saturated carbocycles. The van der Waals surface area contributed by atoms with E-state index in [0.29, 0.717) is 6.42 Å². The Balaban J connectivity index is 4.30. The first-order valence-corrected chi connectivity index (χ1v) is 6.92. The number of sulfonamides is 1. The Morgan fingerprint density at radius 1 is 1.38 bits per heavy atom. The summed E-state index contributed by atoms with van der Waals surface area (Å²) in [5.74, 6) is -0.448. The van der Waals surface area contributed by atoms with Gasteiger partial charge in [-0.3, -0.25) is 4.72 Å². The molecule has 6 heteroatoms. The van der Waals surface area contributed by atoms with Gasteiger partial charge in [-0.25, -0.2) is 13.2 Å². The van der Waals surface area contributed by atoms with E-state index in [-0.39, 0.29) is 17.9 Å². The lowest BCUT2D eigenvalue weighted by Crippen LogP contribution is -2.22. The lowest BCUT2D eigenvalue weighted by molar-refractivity contribution is -0.138. The van der Waals surface area contributed by atoms with Gasteiger partial charge in [0.1, 0.15) is 0 Å². The van der Waals surface area contributed by atoms with Gasteiger partial charge in [0.05, 0.1) is 17.9 Å². The fraction of sp³-hybridized carbons (Fsp3) is 0.700. The van der Waals surface area contributed by atoms with E-state index in [1.807, 2.05) is 6.92 Å². The average Bonchev–Trinajstić information content (AvgIpc) is 2.23. The Bertz CT molecular complexity index is 346. The van der Waals surface area contributed by atoms with Gasteiger partial charge in [-0.2, -0.15) is 0 Å².